The molecule has 6 nitrogen and oxygen atoms in total. The molecule has 1 N–H and O–H groups in total. The van der Waals surface area contributed by atoms with E-state index in [0.29, 0.717) is 23.2 Å². The molecule has 144 valence electrons. The number of nitrogens with zero attached hydrogens (tertiary/aromatic N) is 2. The van der Waals surface area contributed by atoms with Crippen LogP contribution in [-0.2, 0) is 4.79 Å². The zero-order valence-electron chi connectivity index (χ0n) is 16.4. The zero-order chi connectivity index (χ0) is 20.1. The van der Waals surface area contributed by atoms with Crippen LogP contribution >= 0.6 is 0 Å². The van der Waals surface area contributed by atoms with E-state index in [0.717, 1.165) is 22.5 Å². The molecule has 0 saturated carbocycles. The summed E-state index contributed by atoms with van der Waals surface area (Å²) in [6, 6.07) is 15.0. The molecule has 1 aromatic heterocycles. The summed E-state index contributed by atoms with van der Waals surface area (Å²) in [5.74, 6) is 1.08. The third kappa shape index (κ3) is 5.07. The quantitative estimate of drug-likeness (QED) is 0.684. The second kappa shape index (κ2) is 8.52. The van der Waals surface area contributed by atoms with Crippen LogP contribution in [0.5, 0.6) is 17.5 Å². The molecule has 1 amide bonds. The van der Waals surface area contributed by atoms with E-state index in [1.54, 1.807) is 24.3 Å². The van der Waals surface area contributed by atoms with E-state index >= 15 is 0 Å². The van der Waals surface area contributed by atoms with Gasteiger partial charge in [-0.1, -0.05) is 12.1 Å². The summed E-state index contributed by atoms with van der Waals surface area (Å²) in [7, 11) is 0. The molecule has 0 atom stereocenters. The number of nitrogens with one attached hydrogen (secondary N) is 1. The van der Waals surface area contributed by atoms with Crippen molar-refractivity contribution in [2.75, 3.05) is 11.9 Å². The van der Waals surface area contributed by atoms with Crippen molar-refractivity contribution in [2.45, 2.75) is 27.7 Å². The summed E-state index contributed by atoms with van der Waals surface area (Å²) in [5, 5.41) is 2.80. The maximum absolute atomic E-state index is 12.1. The molecule has 0 bridgehead atoms. The Hall–Kier alpha value is -3.41. The number of hydrogen-bond donors (Lipinski definition) is 1. The highest BCUT2D eigenvalue weighted by Gasteiger charge is 2.08. The summed E-state index contributed by atoms with van der Waals surface area (Å²) in [6.45, 7) is 7.70. The Bertz CT molecular complexity index is 965. The number of rotatable bonds is 6. The van der Waals surface area contributed by atoms with Crippen LogP contribution in [0.3, 0.4) is 0 Å². The van der Waals surface area contributed by atoms with Crippen LogP contribution in [0.25, 0.3) is 0 Å². The molecule has 0 aliphatic heterocycles. The highest BCUT2D eigenvalue weighted by atomic mass is 16.5. The number of aryl methyl sites for hydroxylation is 3. The number of ether oxygens (including phenoxy) is 2. The average molecular weight is 377 g/mol. The first-order valence-corrected chi connectivity index (χ1v) is 9.00. The molecule has 28 heavy (non-hydrogen) atoms. The van der Waals surface area contributed by atoms with E-state index < -0.39 is 0 Å². The summed E-state index contributed by atoms with van der Waals surface area (Å²) in [4.78, 5) is 20.6. The summed E-state index contributed by atoms with van der Waals surface area (Å²) in [5.41, 5.74) is 4.50. The molecule has 0 aliphatic rings. The fraction of sp³-hybridized carbons (Fsp3) is 0.227. The molecule has 0 fully saturated rings. The summed E-state index contributed by atoms with van der Waals surface area (Å²) < 4.78 is 11.3. The van der Waals surface area contributed by atoms with Gasteiger partial charge < -0.3 is 14.8 Å². The Balaban J connectivity index is 1.56. The molecular weight excluding hydrogens is 354 g/mol. The molecule has 3 rings (SSSR count). The standard InChI is InChI=1S/C22H23N3O3/c1-14-6-5-7-20(17(14)4)27-13-21(26)25-18-8-10-19(11-9-18)28-22-23-15(2)12-16(3)24-22/h5-12H,13H2,1-4H3,(H,25,26). The number of anilines is 1. The Morgan fingerprint density at radius 1 is 0.964 bits per heavy atom. The number of hydrogen-bond acceptors (Lipinski definition) is 5. The van der Waals surface area contributed by atoms with Crippen LogP contribution in [-0.4, -0.2) is 22.5 Å². The minimum absolute atomic E-state index is 0.0566. The molecule has 2 aromatic carbocycles. The number of carbonyl (C=O) groups is 1. The Kier molecular flexibility index (Phi) is 5.89. The van der Waals surface area contributed by atoms with Crippen LogP contribution < -0.4 is 14.8 Å². The normalized spacial score (nSPS) is 10.4. The van der Waals surface area contributed by atoms with Crippen molar-refractivity contribution in [2.24, 2.45) is 0 Å². The topological polar surface area (TPSA) is 73.3 Å². The van der Waals surface area contributed by atoms with E-state index in [1.165, 1.54) is 0 Å². The monoisotopic (exact) mass is 377 g/mol. The van der Waals surface area contributed by atoms with E-state index in [1.807, 2.05) is 52.0 Å². The van der Waals surface area contributed by atoms with Crippen molar-refractivity contribution in [1.82, 2.24) is 9.97 Å². The number of carbonyl (C=O) groups excluding carboxylic acids is 1. The van der Waals surface area contributed by atoms with Gasteiger partial charge >= 0.3 is 6.01 Å². The maximum Gasteiger partial charge on any atom is 0.322 e. The first kappa shape index (κ1) is 19.4. The van der Waals surface area contributed by atoms with Crippen LogP contribution in [0.1, 0.15) is 22.5 Å². The fourth-order valence-corrected chi connectivity index (χ4v) is 2.67. The van der Waals surface area contributed by atoms with Gasteiger partial charge in [-0.3, -0.25) is 4.79 Å². The molecule has 6 heteroatoms. The largest absolute Gasteiger partial charge is 0.483 e. The third-order valence-corrected chi connectivity index (χ3v) is 4.22. The van der Waals surface area contributed by atoms with Crippen LogP contribution in [0.15, 0.2) is 48.5 Å². The van der Waals surface area contributed by atoms with Crippen molar-refractivity contribution in [3.8, 4) is 17.5 Å². The van der Waals surface area contributed by atoms with Crippen molar-refractivity contribution in [3.63, 3.8) is 0 Å². The van der Waals surface area contributed by atoms with Gasteiger partial charge in [-0.25, -0.2) is 9.97 Å². The Labute approximate surface area is 164 Å². The number of aromatic nitrogens is 2. The lowest BCUT2D eigenvalue weighted by atomic mass is 10.1. The van der Waals surface area contributed by atoms with Crippen molar-refractivity contribution >= 4 is 11.6 Å². The van der Waals surface area contributed by atoms with Gasteiger partial charge in [-0.2, -0.15) is 0 Å². The van der Waals surface area contributed by atoms with Gasteiger partial charge in [0.2, 0.25) is 0 Å². The van der Waals surface area contributed by atoms with Gasteiger partial charge in [0.25, 0.3) is 5.91 Å². The lowest BCUT2D eigenvalue weighted by molar-refractivity contribution is -0.118. The van der Waals surface area contributed by atoms with Crippen LogP contribution in [0.4, 0.5) is 5.69 Å². The van der Waals surface area contributed by atoms with Gasteiger partial charge in [0.15, 0.2) is 6.61 Å². The predicted octanol–water partition coefficient (Wildman–Crippen LogP) is 4.52. The van der Waals surface area contributed by atoms with Crippen LogP contribution in [0.2, 0.25) is 0 Å². The highest BCUT2D eigenvalue weighted by Crippen LogP contribution is 2.22. The minimum Gasteiger partial charge on any atom is -0.483 e. The van der Waals surface area contributed by atoms with Crippen molar-refractivity contribution < 1.29 is 14.3 Å². The predicted molar refractivity (Wildman–Crippen MR) is 108 cm³/mol. The maximum atomic E-state index is 12.1. The third-order valence-electron chi connectivity index (χ3n) is 4.22. The number of benzene rings is 2. The molecule has 0 saturated heterocycles. The van der Waals surface area contributed by atoms with E-state index in [4.69, 9.17) is 9.47 Å². The van der Waals surface area contributed by atoms with E-state index in [-0.39, 0.29) is 12.5 Å². The zero-order valence-corrected chi connectivity index (χ0v) is 16.4. The summed E-state index contributed by atoms with van der Waals surface area (Å²) in [6.07, 6.45) is 0. The van der Waals surface area contributed by atoms with Gasteiger partial charge in [0.1, 0.15) is 11.5 Å². The first-order chi connectivity index (χ1) is 13.4. The minimum atomic E-state index is -0.229. The van der Waals surface area contributed by atoms with Crippen molar-refractivity contribution in [3.05, 3.63) is 71.0 Å². The Morgan fingerprint density at radius 2 is 1.64 bits per heavy atom. The lowest BCUT2D eigenvalue weighted by Gasteiger charge is -2.11. The lowest BCUT2D eigenvalue weighted by Crippen LogP contribution is -2.20. The second-order valence-electron chi connectivity index (χ2n) is 6.59. The average Bonchev–Trinajstić information content (AvgIpc) is 2.64. The fourth-order valence-electron chi connectivity index (χ4n) is 2.67. The smallest absolute Gasteiger partial charge is 0.322 e. The molecule has 0 aliphatic carbocycles. The SMILES string of the molecule is Cc1cc(C)nc(Oc2ccc(NC(=O)COc3cccc(C)c3C)cc2)n1. The van der Waals surface area contributed by atoms with Gasteiger partial charge in [-0.05, 0) is 75.2 Å². The molecular formula is C22H23N3O3. The number of amides is 1. The van der Waals surface area contributed by atoms with E-state index in [9.17, 15) is 4.79 Å². The first-order valence-electron chi connectivity index (χ1n) is 9.00. The highest BCUT2D eigenvalue weighted by molar-refractivity contribution is 5.91. The van der Waals surface area contributed by atoms with Gasteiger partial charge in [0.05, 0.1) is 0 Å². The van der Waals surface area contributed by atoms with Gasteiger partial charge in [-0.15, -0.1) is 0 Å². The van der Waals surface area contributed by atoms with Gasteiger partial charge in [0, 0.05) is 17.1 Å². The second-order valence-corrected chi connectivity index (χ2v) is 6.59. The van der Waals surface area contributed by atoms with Crippen molar-refractivity contribution in [1.29, 1.82) is 0 Å². The molecule has 3 aromatic rings. The molecule has 0 radical (unpaired) electrons. The summed E-state index contributed by atoms with van der Waals surface area (Å²) >= 11 is 0. The van der Waals surface area contributed by atoms with E-state index in [2.05, 4.69) is 15.3 Å². The Morgan fingerprint density at radius 3 is 2.32 bits per heavy atom. The van der Waals surface area contributed by atoms with Crippen LogP contribution in [0, 0.1) is 27.7 Å². The molecule has 0 spiro atoms. The molecule has 0 unspecified atom stereocenters. The molecule has 1 heterocycles.